The van der Waals surface area contributed by atoms with E-state index in [-0.39, 0.29) is 50.5 Å². The van der Waals surface area contributed by atoms with Gasteiger partial charge in [-0.3, -0.25) is 10.6 Å². The molecular formula is C32H40N8O8. The van der Waals surface area contributed by atoms with Crippen LogP contribution in [0.1, 0.15) is 49.7 Å². The highest BCUT2D eigenvalue weighted by atomic mass is 16.6. The van der Waals surface area contributed by atoms with Gasteiger partial charge in [0.25, 0.3) is 6.26 Å². The van der Waals surface area contributed by atoms with E-state index in [1.54, 1.807) is 54.8 Å². The van der Waals surface area contributed by atoms with Crippen LogP contribution in [0.5, 0.6) is 0 Å². The van der Waals surface area contributed by atoms with Gasteiger partial charge < -0.3 is 35.5 Å². The van der Waals surface area contributed by atoms with Crippen LogP contribution in [0.15, 0.2) is 53.5 Å². The summed E-state index contributed by atoms with van der Waals surface area (Å²) in [5, 5.41) is 25.0. The van der Waals surface area contributed by atoms with Gasteiger partial charge in [-0.1, -0.05) is 24.3 Å². The van der Waals surface area contributed by atoms with Crippen LogP contribution in [0, 0.1) is 11.5 Å². The van der Waals surface area contributed by atoms with Crippen molar-refractivity contribution in [3.05, 3.63) is 59.7 Å². The number of nitriles is 1. The molecule has 6 N–H and O–H groups in total. The second-order valence-electron chi connectivity index (χ2n) is 10.8. The lowest BCUT2D eigenvalue weighted by Gasteiger charge is -2.30. The van der Waals surface area contributed by atoms with E-state index in [4.69, 9.17) is 14.7 Å². The Balaban J connectivity index is 1.20. The molecule has 1 fully saturated rings. The Hall–Kier alpha value is -5.81. The number of ether oxygens (including phenoxy) is 3. The molecule has 0 heterocycles. The number of anilines is 2. The van der Waals surface area contributed by atoms with E-state index in [2.05, 4.69) is 41.6 Å². The number of nitrogens with one attached hydrogen (secondary N) is 6. The molecule has 1 aliphatic rings. The van der Waals surface area contributed by atoms with Gasteiger partial charge in [0.1, 0.15) is 6.61 Å². The molecule has 0 aliphatic heterocycles. The number of nitrogens with zero attached hydrogens (tertiary/aromatic N) is 2. The van der Waals surface area contributed by atoms with Crippen LogP contribution in [-0.4, -0.2) is 68.7 Å². The van der Waals surface area contributed by atoms with E-state index < -0.39 is 12.2 Å². The van der Waals surface area contributed by atoms with E-state index in [0.29, 0.717) is 43.7 Å². The van der Waals surface area contributed by atoms with Crippen molar-refractivity contribution in [2.45, 2.75) is 63.8 Å². The van der Waals surface area contributed by atoms with Gasteiger partial charge in [-0.25, -0.2) is 29.0 Å². The SMILES string of the molecule is N#COCc1ccc(NC(=O)OCCCNC(=O)NC2CCCC(NC(=O)NCCCOC(=O)Nc3ccc(CN=C=O)cc3)C2)cc1. The minimum Gasteiger partial charge on any atom is -0.449 e. The highest BCUT2D eigenvalue weighted by molar-refractivity contribution is 5.85. The maximum Gasteiger partial charge on any atom is 0.411 e. The third-order valence-corrected chi connectivity index (χ3v) is 7.05. The third kappa shape index (κ3) is 15.0. The molecule has 0 spiro atoms. The number of isocyanates is 1. The first-order valence-electron chi connectivity index (χ1n) is 15.5. The van der Waals surface area contributed by atoms with Gasteiger partial charge in [-0.05, 0) is 73.9 Å². The maximum absolute atomic E-state index is 12.3. The molecule has 2 aromatic rings. The maximum atomic E-state index is 12.3. The van der Waals surface area contributed by atoms with Crippen molar-refractivity contribution in [2.75, 3.05) is 36.9 Å². The van der Waals surface area contributed by atoms with Crippen LogP contribution in [0.3, 0.4) is 0 Å². The number of benzene rings is 2. The monoisotopic (exact) mass is 664 g/mol. The Bertz CT molecular complexity index is 1430. The molecule has 1 saturated carbocycles. The predicted octanol–water partition coefficient (Wildman–Crippen LogP) is 4.01. The Kier molecular flexibility index (Phi) is 16.1. The number of urea groups is 2. The minimum absolute atomic E-state index is 0.100. The van der Waals surface area contributed by atoms with Crippen LogP contribution >= 0.6 is 0 Å². The number of hydrogen-bond acceptors (Lipinski definition) is 10. The van der Waals surface area contributed by atoms with Crippen molar-refractivity contribution in [3.8, 4) is 6.26 Å². The van der Waals surface area contributed by atoms with Gasteiger partial charge in [-0.15, -0.1) is 0 Å². The molecule has 256 valence electrons. The first-order chi connectivity index (χ1) is 23.3. The number of amides is 6. The first kappa shape index (κ1) is 36.7. The molecule has 48 heavy (non-hydrogen) atoms. The fourth-order valence-electron chi connectivity index (χ4n) is 4.73. The van der Waals surface area contributed by atoms with Crippen molar-refractivity contribution in [1.82, 2.24) is 21.3 Å². The quantitative estimate of drug-likeness (QED) is 0.0659. The molecule has 6 amide bonds. The average Bonchev–Trinajstić information content (AvgIpc) is 3.07. The Labute approximate surface area is 278 Å². The predicted molar refractivity (Wildman–Crippen MR) is 173 cm³/mol. The first-order valence-corrected chi connectivity index (χ1v) is 15.5. The van der Waals surface area contributed by atoms with Crippen molar-refractivity contribution in [2.24, 2.45) is 4.99 Å². The van der Waals surface area contributed by atoms with Gasteiger partial charge in [-0.2, -0.15) is 5.26 Å². The van der Waals surface area contributed by atoms with Crippen LogP contribution in [0.2, 0.25) is 0 Å². The lowest BCUT2D eigenvalue weighted by atomic mass is 9.91. The topological polar surface area (TPSA) is 221 Å². The number of carbonyl (C=O) groups excluding carboxylic acids is 5. The van der Waals surface area contributed by atoms with E-state index in [1.807, 2.05) is 0 Å². The molecule has 1 aliphatic carbocycles. The summed E-state index contributed by atoms with van der Waals surface area (Å²) in [7, 11) is 0. The highest BCUT2D eigenvalue weighted by Crippen LogP contribution is 2.18. The molecule has 2 unspecified atom stereocenters. The molecule has 0 saturated heterocycles. The zero-order chi connectivity index (χ0) is 34.4. The standard InChI is InChI=1S/C32H40N8O8/c33-21-46-20-24-8-12-26(13-9-24)40-32(45)48-17-3-15-36-30(43)38-28-5-1-4-27(18-28)37-29(42)35-14-2-16-47-31(44)39-25-10-6-23(7-11-25)19-34-22-41/h6-13,27-28H,1-5,14-20H2,(H,39,44)(H,40,45)(H2,35,37,42)(H2,36,38,43). The molecule has 0 aromatic heterocycles. The largest absolute Gasteiger partial charge is 0.449 e. The van der Waals surface area contributed by atoms with E-state index in [0.717, 1.165) is 30.4 Å². The minimum atomic E-state index is -0.622. The normalized spacial score (nSPS) is 14.9. The summed E-state index contributed by atoms with van der Waals surface area (Å²) in [6.45, 7) is 1.21. The summed E-state index contributed by atoms with van der Waals surface area (Å²) < 4.78 is 14.9. The molecule has 0 bridgehead atoms. The van der Waals surface area contributed by atoms with Crippen LogP contribution in [0.4, 0.5) is 30.6 Å². The zero-order valence-electron chi connectivity index (χ0n) is 26.4. The van der Waals surface area contributed by atoms with Gasteiger partial charge in [0.2, 0.25) is 6.08 Å². The molecule has 16 nitrogen and oxygen atoms in total. The molecule has 3 rings (SSSR count). The molecule has 0 radical (unpaired) electrons. The van der Waals surface area contributed by atoms with Crippen molar-refractivity contribution in [1.29, 1.82) is 5.26 Å². The summed E-state index contributed by atoms with van der Waals surface area (Å²) >= 11 is 0. The van der Waals surface area contributed by atoms with E-state index >= 15 is 0 Å². The molecule has 16 heteroatoms. The summed E-state index contributed by atoms with van der Waals surface area (Å²) in [4.78, 5) is 62.3. The van der Waals surface area contributed by atoms with E-state index in [1.165, 1.54) is 6.08 Å². The van der Waals surface area contributed by atoms with Crippen LogP contribution in [0.25, 0.3) is 0 Å². The van der Waals surface area contributed by atoms with Gasteiger partial charge in [0.05, 0.1) is 19.8 Å². The molecule has 2 aromatic carbocycles. The number of hydrogen-bond donors (Lipinski definition) is 6. The number of carbonyl (C=O) groups is 4. The smallest absolute Gasteiger partial charge is 0.411 e. The summed E-state index contributed by atoms with van der Waals surface area (Å²) in [6, 6.07) is 12.7. The van der Waals surface area contributed by atoms with Gasteiger partial charge >= 0.3 is 24.2 Å². The average molecular weight is 665 g/mol. The summed E-state index contributed by atoms with van der Waals surface area (Å²) in [6.07, 6.45) is 5.68. The zero-order valence-corrected chi connectivity index (χ0v) is 26.4. The van der Waals surface area contributed by atoms with Crippen molar-refractivity contribution >= 4 is 41.7 Å². The highest BCUT2D eigenvalue weighted by Gasteiger charge is 2.24. The number of aliphatic imine (C=N–C) groups is 1. The van der Waals surface area contributed by atoms with Gasteiger partial charge in [0, 0.05) is 36.5 Å². The summed E-state index contributed by atoms with van der Waals surface area (Å²) in [5.74, 6) is 0. The fraction of sp³-hybridized carbons (Fsp3) is 0.438. The summed E-state index contributed by atoms with van der Waals surface area (Å²) in [5.41, 5.74) is 2.66. The van der Waals surface area contributed by atoms with Gasteiger partial charge in [0.15, 0.2) is 0 Å². The second-order valence-corrected chi connectivity index (χ2v) is 10.8. The Morgan fingerprint density at radius 3 is 1.75 bits per heavy atom. The Morgan fingerprint density at radius 2 is 1.27 bits per heavy atom. The van der Waals surface area contributed by atoms with Crippen molar-refractivity contribution in [3.63, 3.8) is 0 Å². The third-order valence-electron chi connectivity index (χ3n) is 7.05. The second kappa shape index (κ2) is 21.1. The fourth-order valence-corrected chi connectivity index (χ4v) is 4.73. The molecular weight excluding hydrogens is 624 g/mol. The van der Waals surface area contributed by atoms with E-state index in [9.17, 15) is 24.0 Å². The van der Waals surface area contributed by atoms with Crippen molar-refractivity contribution < 1.29 is 38.2 Å². The molecule has 2 atom stereocenters. The lowest BCUT2D eigenvalue weighted by Crippen LogP contribution is -2.50. The van der Waals surface area contributed by atoms with Crippen LogP contribution < -0.4 is 31.9 Å². The Morgan fingerprint density at radius 1 is 0.771 bits per heavy atom. The van der Waals surface area contributed by atoms with Crippen LogP contribution in [-0.2, 0) is 32.2 Å². The lowest BCUT2D eigenvalue weighted by molar-refractivity contribution is 0.159. The number of rotatable bonds is 16.